The van der Waals surface area contributed by atoms with Crippen LogP contribution < -0.4 is 9.47 Å². The van der Waals surface area contributed by atoms with Crippen molar-refractivity contribution in [3.8, 4) is 11.5 Å². The minimum atomic E-state index is -0.184. The predicted octanol–water partition coefficient (Wildman–Crippen LogP) is 1.51. The Morgan fingerprint density at radius 1 is 1.31 bits per heavy atom. The van der Waals surface area contributed by atoms with Gasteiger partial charge in [-0.05, 0) is 20.2 Å². The van der Waals surface area contributed by atoms with Gasteiger partial charge in [0.05, 0.1) is 45.6 Å². The van der Waals surface area contributed by atoms with Crippen LogP contribution in [0.4, 0.5) is 0 Å². The van der Waals surface area contributed by atoms with Crippen molar-refractivity contribution in [2.45, 2.75) is 18.6 Å². The average molecular weight is 402 g/mol. The predicted molar refractivity (Wildman–Crippen MR) is 109 cm³/mol. The van der Waals surface area contributed by atoms with E-state index >= 15 is 0 Å². The minimum absolute atomic E-state index is 0.0365. The second-order valence-corrected chi connectivity index (χ2v) is 7.51. The van der Waals surface area contributed by atoms with Gasteiger partial charge in [-0.25, -0.2) is 0 Å². The highest BCUT2D eigenvalue weighted by Gasteiger charge is 2.37. The summed E-state index contributed by atoms with van der Waals surface area (Å²) in [5.41, 5.74) is 1.81. The summed E-state index contributed by atoms with van der Waals surface area (Å²) in [5, 5.41) is 4.31. The van der Waals surface area contributed by atoms with Gasteiger partial charge in [-0.1, -0.05) is 6.07 Å². The molecule has 2 aromatic rings. The van der Waals surface area contributed by atoms with Gasteiger partial charge in [0, 0.05) is 43.5 Å². The van der Waals surface area contributed by atoms with Crippen LogP contribution in [0.5, 0.6) is 11.5 Å². The molecule has 2 atom stereocenters. The van der Waals surface area contributed by atoms with E-state index in [0.29, 0.717) is 24.7 Å². The number of morpholine rings is 1. The van der Waals surface area contributed by atoms with Crippen LogP contribution >= 0.6 is 0 Å². The van der Waals surface area contributed by atoms with Gasteiger partial charge in [0.25, 0.3) is 0 Å². The van der Waals surface area contributed by atoms with Gasteiger partial charge in [0.15, 0.2) is 0 Å². The number of ether oxygens (including phenoxy) is 3. The van der Waals surface area contributed by atoms with Crippen molar-refractivity contribution in [2.75, 3.05) is 48.0 Å². The lowest BCUT2D eigenvalue weighted by Crippen LogP contribution is -2.51. The fraction of sp³-hybridized carbons (Fsp3) is 0.524. The summed E-state index contributed by atoms with van der Waals surface area (Å²) in [6.07, 6.45) is 3.90. The van der Waals surface area contributed by atoms with E-state index in [1.54, 1.807) is 25.0 Å². The molecule has 1 saturated heterocycles. The molecule has 1 aromatic heterocycles. The Hall–Kier alpha value is -2.58. The van der Waals surface area contributed by atoms with E-state index in [1.165, 1.54) is 0 Å². The van der Waals surface area contributed by atoms with Crippen molar-refractivity contribution >= 4 is 5.91 Å². The Labute approximate surface area is 171 Å². The highest BCUT2D eigenvalue weighted by molar-refractivity contribution is 5.80. The Balaban J connectivity index is 1.87. The van der Waals surface area contributed by atoms with Crippen LogP contribution in [-0.4, -0.2) is 79.6 Å². The molecular weight excluding hydrogens is 372 g/mol. The van der Waals surface area contributed by atoms with Crippen LogP contribution in [0.1, 0.15) is 17.2 Å². The smallest absolute Gasteiger partial charge is 0.227 e. The second kappa shape index (κ2) is 9.28. The monoisotopic (exact) mass is 402 g/mol. The largest absolute Gasteiger partial charge is 0.497 e. The van der Waals surface area contributed by atoms with Crippen molar-refractivity contribution in [1.29, 1.82) is 0 Å². The van der Waals surface area contributed by atoms with Crippen molar-refractivity contribution < 1.29 is 19.0 Å². The maximum Gasteiger partial charge on any atom is 0.227 e. The lowest BCUT2D eigenvalue weighted by atomic mass is 9.99. The molecule has 29 heavy (non-hydrogen) atoms. The fourth-order valence-electron chi connectivity index (χ4n) is 3.78. The number of aryl methyl sites for hydroxylation is 1. The first kappa shape index (κ1) is 21.1. The molecule has 2 heterocycles. The van der Waals surface area contributed by atoms with E-state index in [1.807, 2.05) is 50.6 Å². The molecule has 8 nitrogen and oxygen atoms in total. The Kier molecular flexibility index (Phi) is 6.76. The fourth-order valence-corrected chi connectivity index (χ4v) is 3.78. The number of amides is 1. The zero-order valence-electron chi connectivity index (χ0n) is 17.8. The number of carbonyl (C=O) groups is 1. The Bertz CT molecular complexity index is 836. The molecule has 8 heteroatoms. The molecule has 1 aliphatic heterocycles. The van der Waals surface area contributed by atoms with Crippen LogP contribution in [0.3, 0.4) is 0 Å². The summed E-state index contributed by atoms with van der Waals surface area (Å²) in [5.74, 6) is 1.38. The van der Waals surface area contributed by atoms with Crippen molar-refractivity contribution in [2.24, 2.45) is 7.05 Å². The summed E-state index contributed by atoms with van der Waals surface area (Å²) in [6.45, 7) is 1.77. The maximum atomic E-state index is 13.4. The van der Waals surface area contributed by atoms with Crippen LogP contribution in [0.15, 0.2) is 30.6 Å². The minimum Gasteiger partial charge on any atom is -0.497 e. The number of benzene rings is 1. The molecule has 0 saturated carbocycles. The first-order valence-corrected chi connectivity index (χ1v) is 9.68. The van der Waals surface area contributed by atoms with E-state index in [9.17, 15) is 4.79 Å². The molecule has 0 spiro atoms. The number of aromatic nitrogens is 2. The van der Waals surface area contributed by atoms with Crippen LogP contribution in [0, 0.1) is 0 Å². The molecule has 158 valence electrons. The summed E-state index contributed by atoms with van der Waals surface area (Å²) in [7, 11) is 9.10. The first-order valence-electron chi connectivity index (χ1n) is 9.68. The van der Waals surface area contributed by atoms with E-state index in [0.717, 1.165) is 17.7 Å². The quantitative estimate of drug-likeness (QED) is 0.699. The van der Waals surface area contributed by atoms with E-state index in [-0.39, 0.29) is 24.5 Å². The second-order valence-electron chi connectivity index (χ2n) is 7.51. The normalized spacial score (nSPS) is 19.4. The number of rotatable bonds is 7. The zero-order valence-corrected chi connectivity index (χ0v) is 17.8. The number of nitrogens with zero attached hydrogens (tertiary/aromatic N) is 4. The van der Waals surface area contributed by atoms with Crippen molar-refractivity contribution in [3.63, 3.8) is 0 Å². The van der Waals surface area contributed by atoms with E-state index < -0.39 is 0 Å². The van der Waals surface area contributed by atoms with E-state index in [4.69, 9.17) is 14.2 Å². The van der Waals surface area contributed by atoms with Gasteiger partial charge < -0.3 is 24.0 Å². The number of carbonyl (C=O) groups excluding carboxylic acids is 1. The summed E-state index contributed by atoms with van der Waals surface area (Å²) < 4.78 is 18.5. The molecule has 1 aliphatic rings. The SMILES string of the molecule is COc1ccc(CC(=O)N2CCO[C@@H](CN(C)C)[C@@H]2c2cnn(C)c2)c(OC)c1. The van der Waals surface area contributed by atoms with Gasteiger partial charge in [0.1, 0.15) is 11.5 Å². The first-order chi connectivity index (χ1) is 13.9. The highest BCUT2D eigenvalue weighted by atomic mass is 16.5. The standard InChI is InChI=1S/C21H30N4O4/c1-23(2)14-19-21(16-12-22-24(3)13-16)25(8-9-29-19)20(26)10-15-6-7-17(27-4)11-18(15)28-5/h6-7,11-13,19,21H,8-10,14H2,1-5H3/t19-,21-/m0/s1. The third-order valence-corrected chi connectivity index (χ3v) is 5.12. The molecule has 0 aliphatic carbocycles. The molecule has 1 amide bonds. The van der Waals surface area contributed by atoms with Crippen LogP contribution in [0.2, 0.25) is 0 Å². The topological polar surface area (TPSA) is 69.1 Å². The Morgan fingerprint density at radius 3 is 2.72 bits per heavy atom. The van der Waals surface area contributed by atoms with Gasteiger partial charge in [0.2, 0.25) is 5.91 Å². The number of methoxy groups -OCH3 is 2. The van der Waals surface area contributed by atoms with Crippen LogP contribution in [-0.2, 0) is 23.0 Å². The molecule has 3 rings (SSSR count). The van der Waals surface area contributed by atoms with Gasteiger partial charge in [-0.3, -0.25) is 9.48 Å². The highest BCUT2D eigenvalue weighted by Crippen LogP contribution is 2.32. The van der Waals surface area contributed by atoms with Gasteiger partial charge >= 0.3 is 0 Å². The van der Waals surface area contributed by atoms with Gasteiger partial charge in [-0.2, -0.15) is 5.10 Å². The zero-order chi connectivity index (χ0) is 21.0. The molecule has 1 aromatic carbocycles. The van der Waals surface area contributed by atoms with Crippen LogP contribution in [0.25, 0.3) is 0 Å². The lowest BCUT2D eigenvalue weighted by molar-refractivity contribution is -0.147. The van der Waals surface area contributed by atoms with Crippen molar-refractivity contribution in [3.05, 3.63) is 41.7 Å². The third kappa shape index (κ3) is 4.89. The third-order valence-electron chi connectivity index (χ3n) is 5.12. The van der Waals surface area contributed by atoms with Crippen molar-refractivity contribution in [1.82, 2.24) is 19.6 Å². The summed E-state index contributed by atoms with van der Waals surface area (Å²) in [6, 6.07) is 5.34. The number of likely N-dealkylation sites (N-methyl/N-ethyl adjacent to an activating group) is 1. The molecular formula is C21H30N4O4. The molecule has 0 radical (unpaired) electrons. The Morgan fingerprint density at radius 2 is 2.10 bits per heavy atom. The maximum absolute atomic E-state index is 13.4. The lowest BCUT2D eigenvalue weighted by Gasteiger charge is -2.42. The number of hydrogen-bond acceptors (Lipinski definition) is 6. The molecule has 1 fully saturated rings. The van der Waals surface area contributed by atoms with Gasteiger partial charge in [-0.15, -0.1) is 0 Å². The number of hydrogen-bond donors (Lipinski definition) is 0. The molecule has 0 bridgehead atoms. The average Bonchev–Trinajstić information content (AvgIpc) is 3.13. The van der Waals surface area contributed by atoms with E-state index in [2.05, 4.69) is 10.00 Å². The summed E-state index contributed by atoms with van der Waals surface area (Å²) in [4.78, 5) is 17.3. The molecule has 0 unspecified atom stereocenters. The molecule has 0 N–H and O–H groups in total. The summed E-state index contributed by atoms with van der Waals surface area (Å²) >= 11 is 0.